The second-order valence-corrected chi connectivity index (χ2v) is 7.49. The third kappa shape index (κ3) is 4.21. The molecule has 20 heavy (non-hydrogen) atoms. The summed E-state index contributed by atoms with van der Waals surface area (Å²) in [4.78, 5) is 13.0. The van der Waals surface area contributed by atoms with Crippen molar-refractivity contribution in [2.24, 2.45) is 0 Å². The van der Waals surface area contributed by atoms with E-state index >= 15 is 0 Å². The first-order valence-electron chi connectivity index (χ1n) is 6.21. The lowest BCUT2D eigenvalue weighted by molar-refractivity contribution is 0.0765. The Labute approximate surface area is 127 Å². The van der Waals surface area contributed by atoms with E-state index in [2.05, 4.69) is 0 Å². The lowest BCUT2D eigenvalue weighted by atomic mass is 9.99. The molecule has 0 radical (unpaired) electrons. The summed E-state index contributed by atoms with van der Waals surface area (Å²) in [6, 6.07) is 6.54. The van der Waals surface area contributed by atoms with Gasteiger partial charge >= 0.3 is 6.09 Å². The van der Waals surface area contributed by atoms with Gasteiger partial charge in [0.05, 0.1) is 6.04 Å². The fraction of sp³-hybridized carbons (Fsp3) is 0.500. The molecular weight excluding hydrogens is 298 g/mol. The van der Waals surface area contributed by atoms with Crippen LogP contribution >= 0.6 is 11.6 Å². The summed E-state index contributed by atoms with van der Waals surface area (Å²) in [5.41, 5.74) is 0.0661. The minimum atomic E-state index is -1.14. The van der Waals surface area contributed by atoms with Gasteiger partial charge in [-0.15, -0.1) is 0 Å². The summed E-state index contributed by atoms with van der Waals surface area (Å²) in [7, 11) is -1.14. The molecule has 1 N–H and O–H groups in total. The maximum absolute atomic E-state index is 11.6. The van der Waals surface area contributed by atoms with Gasteiger partial charge in [-0.05, 0) is 32.4 Å². The normalized spacial score (nSPS) is 14.7. The van der Waals surface area contributed by atoms with Gasteiger partial charge in [0.2, 0.25) is 0 Å². The van der Waals surface area contributed by atoms with Gasteiger partial charge in [0.1, 0.15) is 0 Å². The summed E-state index contributed by atoms with van der Waals surface area (Å²) in [5, 5.41) is 10.0. The van der Waals surface area contributed by atoms with Crippen molar-refractivity contribution in [3.63, 3.8) is 0 Å². The number of carbonyl (C=O) groups is 1. The number of nitrogens with zero attached hydrogens (tertiary/aromatic N) is 1. The molecule has 1 amide bonds. The minimum Gasteiger partial charge on any atom is -0.465 e. The molecule has 6 heteroatoms. The Kier molecular flexibility index (Phi) is 5.59. The maximum atomic E-state index is 11.6. The Balaban J connectivity index is 3.34. The van der Waals surface area contributed by atoms with Gasteiger partial charge in [0.15, 0.2) is 0 Å². The summed E-state index contributed by atoms with van der Waals surface area (Å²) in [6.45, 7) is 5.43. The van der Waals surface area contributed by atoms with Crippen molar-refractivity contribution in [1.82, 2.24) is 4.90 Å². The second-order valence-electron chi connectivity index (χ2n) is 5.60. The maximum Gasteiger partial charge on any atom is 0.408 e. The molecule has 0 aromatic heterocycles. The van der Waals surface area contributed by atoms with E-state index in [1.165, 1.54) is 4.90 Å². The number of carboxylic acid groups (broad SMARTS) is 1. The van der Waals surface area contributed by atoms with Gasteiger partial charge in [-0.25, -0.2) is 4.79 Å². The Bertz CT molecular complexity index is 513. The molecule has 112 valence electrons. The highest BCUT2D eigenvalue weighted by Gasteiger charge is 2.35. The van der Waals surface area contributed by atoms with E-state index in [4.69, 9.17) is 11.6 Å². The predicted molar refractivity (Wildman–Crippen MR) is 82.7 cm³/mol. The number of benzene rings is 1. The van der Waals surface area contributed by atoms with E-state index in [0.717, 1.165) is 0 Å². The molecule has 1 aromatic carbocycles. The first-order chi connectivity index (χ1) is 9.14. The van der Waals surface area contributed by atoms with Crippen molar-refractivity contribution in [1.29, 1.82) is 0 Å². The molecule has 0 saturated heterocycles. The average Bonchev–Trinajstić information content (AvgIpc) is 2.25. The van der Waals surface area contributed by atoms with Crippen LogP contribution in [0.15, 0.2) is 24.3 Å². The highest BCUT2D eigenvalue weighted by Crippen LogP contribution is 2.33. The van der Waals surface area contributed by atoms with Crippen LogP contribution < -0.4 is 0 Å². The molecule has 0 bridgehead atoms. The zero-order valence-electron chi connectivity index (χ0n) is 12.1. The lowest BCUT2D eigenvalue weighted by Crippen LogP contribution is -2.48. The molecule has 2 unspecified atom stereocenters. The smallest absolute Gasteiger partial charge is 0.408 e. The lowest BCUT2D eigenvalue weighted by Gasteiger charge is -2.39. The Morgan fingerprint density at radius 1 is 1.40 bits per heavy atom. The van der Waals surface area contributed by atoms with Crippen LogP contribution in [0.25, 0.3) is 0 Å². The zero-order chi connectivity index (χ0) is 15.5. The van der Waals surface area contributed by atoms with E-state index in [-0.39, 0.29) is 5.75 Å². The van der Waals surface area contributed by atoms with Gasteiger partial charge in [0, 0.05) is 33.4 Å². The SMILES string of the molecule is CS(=O)CC(c1ccccc1Cl)N(C(=O)O)C(C)(C)C. The molecule has 0 heterocycles. The quantitative estimate of drug-likeness (QED) is 0.924. The van der Waals surface area contributed by atoms with E-state index in [0.29, 0.717) is 10.6 Å². The van der Waals surface area contributed by atoms with Crippen LogP contribution in [0.2, 0.25) is 5.02 Å². The summed E-state index contributed by atoms with van der Waals surface area (Å²) in [5.74, 6) is 0.216. The molecule has 0 aliphatic heterocycles. The van der Waals surface area contributed by atoms with E-state index in [1.807, 2.05) is 20.8 Å². The van der Waals surface area contributed by atoms with Gasteiger partial charge in [-0.1, -0.05) is 29.8 Å². The van der Waals surface area contributed by atoms with Gasteiger partial charge in [0.25, 0.3) is 0 Å². The molecule has 0 aliphatic rings. The molecule has 1 rings (SSSR count). The Morgan fingerprint density at radius 3 is 2.35 bits per heavy atom. The van der Waals surface area contributed by atoms with E-state index in [1.54, 1.807) is 30.5 Å². The average molecular weight is 318 g/mol. The van der Waals surface area contributed by atoms with Crippen molar-refractivity contribution < 1.29 is 14.1 Å². The first kappa shape index (κ1) is 17.0. The Hall–Kier alpha value is -1.07. The second kappa shape index (κ2) is 6.59. The van der Waals surface area contributed by atoms with Crippen LogP contribution in [0.4, 0.5) is 4.79 Å². The zero-order valence-corrected chi connectivity index (χ0v) is 13.7. The molecule has 2 atom stereocenters. The van der Waals surface area contributed by atoms with Crippen molar-refractivity contribution in [2.75, 3.05) is 12.0 Å². The summed E-state index contributed by atoms with van der Waals surface area (Å²) >= 11 is 6.18. The van der Waals surface area contributed by atoms with Crippen LogP contribution in [0, 0.1) is 0 Å². The fourth-order valence-corrected chi connectivity index (χ4v) is 3.19. The van der Waals surface area contributed by atoms with Crippen molar-refractivity contribution in [2.45, 2.75) is 32.4 Å². The third-order valence-corrected chi connectivity index (χ3v) is 4.03. The molecule has 0 saturated carbocycles. The highest BCUT2D eigenvalue weighted by atomic mass is 35.5. The van der Waals surface area contributed by atoms with Crippen LogP contribution in [-0.2, 0) is 10.8 Å². The van der Waals surface area contributed by atoms with Crippen LogP contribution in [0.1, 0.15) is 32.4 Å². The van der Waals surface area contributed by atoms with Gasteiger partial charge in [-0.3, -0.25) is 9.11 Å². The topological polar surface area (TPSA) is 57.6 Å². The molecule has 0 fully saturated rings. The summed E-state index contributed by atoms with van der Waals surface area (Å²) in [6.07, 6.45) is 0.514. The number of hydrogen-bond acceptors (Lipinski definition) is 2. The number of hydrogen-bond donors (Lipinski definition) is 1. The van der Waals surface area contributed by atoms with Gasteiger partial charge in [-0.2, -0.15) is 0 Å². The first-order valence-corrected chi connectivity index (χ1v) is 8.32. The highest BCUT2D eigenvalue weighted by molar-refractivity contribution is 7.84. The molecular formula is C14H20ClNO3S. The molecule has 0 spiro atoms. The third-order valence-electron chi connectivity index (χ3n) is 2.90. The molecule has 1 aromatic rings. The Morgan fingerprint density at radius 2 is 1.95 bits per heavy atom. The predicted octanol–water partition coefficient (Wildman–Crippen LogP) is 3.54. The largest absolute Gasteiger partial charge is 0.465 e. The van der Waals surface area contributed by atoms with Crippen molar-refractivity contribution in [3.8, 4) is 0 Å². The van der Waals surface area contributed by atoms with Crippen molar-refractivity contribution >= 4 is 28.5 Å². The number of amides is 1. The fourth-order valence-electron chi connectivity index (χ4n) is 2.16. The molecule has 4 nitrogen and oxygen atoms in total. The summed E-state index contributed by atoms with van der Waals surface area (Å²) < 4.78 is 11.6. The number of halogens is 1. The van der Waals surface area contributed by atoms with E-state index < -0.39 is 28.5 Å². The van der Waals surface area contributed by atoms with E-state index in [9.17, 15) is 14.1 Å². The van der Waals surface area contributed by atoms with Crippen LogP contribution in [0.3, 0.4) is 0 Å². The monoisotopic (exact) mass is 317 g/mol. The van der Waals surface area contributed by atoms with Gasteiger partial charge < -0.3 is 5.11 Å². The standard InChI is InChI=1S/C14H20ClNO3S/c1-14(2,3)16(13(17)18)12(9-20(4)19)10-7-5-6-8-11(10)15/h5-8,12H,9H2,1-4H3,(H,17,18). The minimum absolute atomic E-state index is 0.216. The van der Waals surface area contributed by atoms with Crippen LogP contribution in [0.5, 0.6) is 0 Å². The van der Waals surface area contributed by atoms with Crippen LogP contribution in [-0.4, -0.2) is 37.9 Å². The number of rotatable bonds is 4. The van der Waals surface area contributed by atoms with Crippen molar-refractivity contribution in [3.05, 3.63) is 34.9 Å². The molecule has 0 aliphatic carbocycles.